The van der Waals surface area contributed by atoms with Gasteiger partial charge in [0.2, 0.25) is 0 Å². The fraction of sp³-hybridized carbons (Fsp3) is 0.800. The molecule has 0 saturated heterocycles. The zero-order valence-corrected chi connectivity index (χ0v) is 13.8. The normalized spacial score (nSPS) is 12.4. The molecule has 1 unspecified atom stereocenters. The molecule has 0 amide bonds. The van der Waals surface area contributed by atoms with Crippen molar-refractivity contribution in [3.05, 3.63) is 0 Å². The molecule has 0 rings (SSSR count). The average Bonchev–Trinajstić information content (AvgIpc) is 1.52. The number of carbonyl (C=O) groups is 1. The molecule has 0 spiro atoms. The zero-order valence-electron chi connectivity index (χ0n) is 8.94. The van der Waals surface area contributed by atoms with Crippen LogP contribution in [-0.4, -0.2) is 18.9 Å². The topological polar surface area (TPSA) is 89.5 Å². The van der Waals surface area contributed by atoms with Crippen LogP contribution >= 0.6 is 7.68 Å². The van der Waals surface area contributed by atoms with Gasteiger partial charge in [-0.2, -0.15) is 4.20 Å². The zero-order chi connectivity index (χ0) is 10.4. The molecule has 0 saturated carbocycles. The van der Waals surface area contributed by atoms with Gasteiger partial charge >= 0.3 is 66.8 Å². The van der Waals surface area contributed by atoms with Crippen molar-refractivity contribution in [2.45, 2.75) is 20.0 Å². The second-order valence-corrected chi connectivity index (χ2v) is 3.86. The van der Waals surface area contributed by atoms with Gasteiger partial charge in [0.05, 0.1) is 6.10 Å². The Labute approximate surface area is 127 Å². The van der Waals surface area contributed by atoms with Gasteiger partial charge in [-0.1, -0.05) is 0 Å². The van der Waals surface area contributed by atoms with Crippen molar-refractivity contribution < 1.29 is 87.4 Å². The summed E-state index contributed by atoms with van der Waals surface area (Å²) in [4.78, 5) is 8.33. The monoisotopic (exact) mass is 246 g/mol. The van der Waals surface area contributed by atoms with Gasteiger partial charge < -0.3 is 19.5 Å². The maximum Gasteiger partial charge on any atom is 1.00 e. The molecule has 0 radical (unpaired) electrons. The molecule has 0 N–H and O–H groups in total. The van der Waals surface area contributed by atoms with Gasteiger partial charge in [-0.05, 0) is 20.0 Å². The summed E-state index contributed by atoms with van der Waals surface area (Å²) in [6.45, 7) is 4.22. The Hall–Kier alpha value is 1.39. The van der Waals surface area contributed by atoms with Crippen molar-refractivity contribution >= 4 is 13.8 Å². The first-order valence-corrected chi connectivity index (χ1v) is 4.95. The van der Waals surface area contributed by atoms with E-state index in [1.807, 2.05) is 0 Å². The van der Waals surface area contributed by atoms with Gasteiger partial charge in [-0.25, -0.2) is 0 Å². The molecular weight excluding hydrogens is 236 g/mol. The predicted molar refractivity (Wildman–Crippen MR) is 36.3 cm³/mol. The number of carbonyl (C=O) groups excluding carboxylic acids is 1. The predicted octanol–water partition coefficient (Wildman–Crippen LogP) is -6.24. The second-order valence-electron chi connectivity index (χ2n) is 2.15. The van der Waals surface area contributed by atoms with E-state index in [9.17, 15) is 8.76 Å². The van der Waals surface area contributed by atoms with Crippen LogP contribution < -0.4 is 69.3 Å². The number of halogens is 1. The van der Waals surface area contributed by atoms with Crippen molar-refractivity contribution in [1.29, 1.82) is 0 Å². The largest absolute Gasteiger partial charge is 1.00 e. The summed E-state index contributed by atoms with van der Waals surface area (Å²) in [7, 11) is -3.72. The first kappa shape index (κ1) is 24.6. The summed E-state index contributed by atoms with van der Waals surface area (Å²) in [5.74, 6) is 0. The van der Waals surface area contributed by atoms with E-state index in [2.05, 4.69) is 4.52 Å². The molecule has 0 bridgehead atoms. The Bertz CT molecular complexity index is 179. The molecule has 0 heterocycles. The van der Waals surface area contributed by atoms with Crippen LogP contribution in [0, 0.1) is 0 Å². The summed E-state index contributed by atoms with van der Waals surface area (Å²) in [6.07, 6.45) is -2.63. The van der Waals surface area contributed by atoms with Crippen LogP contribution in [0.25, 0.3) is 0 Å². The molecule has 0 aliphatic carbocycles. The molecule has 0 aromatic heterocycles. The van der Waals surface area contributed by atoms with Crippen LogP contribution in [0.3, 0.4) is 0 Å². The molecule has 0 aromatic carbocycles. The van der Waals surface area contributed by atoms with Crippen molar-refractivity contribution in [3.63, 3.8) is 0 Å². The van der Waals surface area contributed by atoms with E-state index < -0.39 is 13.8 Å². The van der Waals surface area contributed by atoms with Crippen LogP contribution in [0.1, 0.15) is 13.8 Å². The first-order valence-electron chi connectivity index (χ1n) is 2.98. The molecule has 0 fully saturated rings. The molecule has 74 valence electrons. The van der Waals surface area contributed by atoms with Crippen LogP contribution in [-0.2, 0) is 9.09 Å². The standard InChI is InChI=1S/C4H10FO2P.CH2O3.2Na/c1-4(2)7-8(3,5)6;2-1(3)4;;/h4H,1-3H3;(H2,2,3,4);;/q;;2*+1/p-2. The van der Waals surface area contributed by atoms with Crippen LogP contribution in [0.4, 0.5) is 8.99 Å². The molecule has 0 aromatic rings. The molecule has 0 aliphatic rings. The van der Waals surface area contributed by atoms with Crippen LogP contribution in [0.15, 0.2) is 0 Å². The first-order chi connectivity index (χ1) is 5.15. The fourth-order valence-electron chi connectivity index (χ4n) is 0.377. The van der Waals surface area contributed by atoms with Crippen LogP contribution in [0.2, 0.25) is 0 Å². The van der Waals surface area contributed by atoms with E-state index in [0.717, 1.165) is 6.66 Å². The van der Waals surface area contributed by atoms with Crippen molar-refractivity contribution in [3.8, 4) is 0 Å². The third-order valence-electron chi connectivity index (χ3n) is 0.399. The van der Waals surface area contributed by atoms with Crippen molar-refractivity contribution in [1.82, 2.24) is 0 Å². The fourth-order valence-corrected chi connectivity index (χ4v) is 1.13. The SMILES string of the molecule is CC(C)OP(C)(=O)F.O=C([O-])[O-].[Na+].[Na+]. The average molecular weight is 246 g/mol. The Balaban J connectivity index is -0.0000000733. The molecule has 5 nitrogen and oxygen atoms in total. The summed E-state index contributed by atoms with van der Waals surface area (Å²) in [6, 6.07) is 0. The number of rotatable bonds is 2. The van der Waals surface area contributed by atoms with Gasteiger partial charge in [0.1, 0.15) is 0 Å². The molecule has 1 atom stereocenters. The van der Waals surface area contributed by atoms with Crippen molar-refractivity contribution in [2.75, 3.05) is 6.66 Å². The van der Waals surface area contributed by atoms with Gasteiger partial charge in [-0.15, -0.1) is 0 Å². The smallest absolute Gasteiger partial charge is 0.652 e. The summed E-state index contributed by atoms with van der Waals surface area (Å²) < 4.78 is 26.4. The van der Waals surface area contributed by atoms with E-state index in [1.54, 1.807) is 13.8 Å². The van der Waals surface area contributed by atoms with Gasteiger partial charge in [0.15, 0.2) is 0 Å². The summed E-state index contributed by atoms with van der Waals surface area (Å²) >= 11 is 0. The number of hydrogen-bond donors (Lipinski definition) is 0. The molecule has 0 aliphatic heterocycles. The third-order valence-corrected chi connectivity index (χ3v) is 1.20. The third kappa shape index (κ3) is 50.3. The van der Waals surface area contributed by atoms with Crippen LogP contribution in [0.5, 0.6) is 0 Å². The van der Waals surface area contributed by atoms with Gasteiger partial charge in [0.25, 0.3) is 0 Å². The quantitative estimate of drug-likeness (QED) is 0.357. The molecule has 14 heavy (non-hydrogen) atoms. The van der Waals surface area contributed by atoms with E-state index in [0.29, 0.717) is 0 Å². The Morgan fingerprint density at radius 2 is 1.57 bits per heavy atom. The Morgan fingerprint density at radius 3 is 1.57 bits per heavy atom. The van der Waals surface area contributed by atoms with Crippen molar-refractivity contribution in [2.24, 2.45) is 0 Å². The second kappa shape index (κ2) is 12.5. The number of carboxylic acid groups (broad SMARTS) is 2. The molecular formula is C5H10FNa2O5P. The minimum atomic E-state index is -3.72. The van der Waals surface area contributed by atoms with E-state index in [-0.39, 0.29) is 65.2 Å². The number of hydrogen-bond acceptors (Lipinski definition) is 5. The maximum absolute atomic E-state index is 12.0. The van der Waals surface area contributed by atoms with E-state index >= 15 is 0 Å². The maximum atomic E-state index is 12.0. The summed E-state index contributed by atoms with van der Waals surface area (Å²) in [5, 5.41) is 16.7. The molecule has 9 heteroatoms. The van der Waals surface area contributed by atoms with E-state index in [4.69, 9.17) is 15.0 Å². The van der Waals surface area contributed by atoms with Gasteiger partial charge in [-0.3, -0.25) is 4.57 Å². The minimum absolute atomic E-state index is 0. The Morgan fingerprint density at radius 1 is 1.36 bits per heavy atom. The van der Waals surface area contributed by atoms with Gasteiger partial charge in [0, 0.05) is 6.66 Å². The summed E-state index contributed by atoms with van der Waals surface area (Å²) in [5.41, 5.74) is 0. The Kier molecular flexibility index (Phi) is 21.9. The minimum Gasteiger partial charge on any atom is -0.652 e. The van der Waals surface area contributed by atoms with E-state index in [1.165, 1.54) is 0 Å².